The Labute approximate surface area is 124 Å². The maximum absolute atomic E-state index is 12.4. The van der Waals surface area contributed by atoms with Crippen LogP contribution in [0.15, 0.2) is 0 Å². The Balaban J connectivity index is 0.000000704. The molecule has 0 N–H and O–H groups in total. The molecule has 1 heterocycles. The van der Waals surface area contributed by atoms with Gasteiger partial charge in [-0.25, -0.2) is 0 Å². The molecule has 5 atom stereocenters. The second kappa shape index (κ2) is 6.60. The molecule has 2 aliphatic carbocycles. The van der Waals surface area contributed by atoms with Crippen LogP contribution in [-0.4, -0.2) is 17.5 Å². The maximum atomic E-state index is 12.4. The van der Waals surface area contributed by atoms with E-state index in [2.05, 4.69) is 13.8 Å². The van der Waals surface area contributed by atoms with Crippen molar-refractivity contribution in [3.8, 4) is 0 Å². The van der Waals surface area contributed by atoms with Crippen LogP contribution in [0.1, 0.15) is 79.1 Å². The highest BCUT2D eigenvalue weighted by molar-refractivity contribution is 5.83. The number of carbonyl (C=O) groups excluding carboxylic acids is 1. The van der Waals surface area contributed by atoms with E-state index in [-0.39, 0.29) is 11.5 Å². The molecule has 0 amide bonds. The second-order valence-electron chi connectivity index (χ2n) is 6.72. The third-order valence-corrected chi connectivity index (χ3v) is 5.79. The molecular weight excluding hydrogens is 248 g/mol. The summed E-state index contributed by atoms with van der Waals surface area (Å²) in [6, 6.07) is 0. The average molecular weight is 280 g/mol. The number of ether oxygens (including phenoxy) is 1. The van der Waals surface area contributed by atoms with E-state index < -0.39 is 0 Å². The van der Waals surface area contributed by atoms with Gasteiger partial charge in [-0.15, -0.1) is 0 Å². The molecule has 5 unspecified atom stereocenters. The summed E-state index contributed by atoms with van der Waals surface area (Å²) >= 11 is 0. The largest absolute Gasteiger partial charge is 0.371 e. The van der Waals surface area contributed by atoms with Crippen LogP contribution >= 0.6 is 0 Å². The highest BCUT2D eigenvalue weighted by Crippen LogP contribution is 2.57. The van der Waals surface area contributed by atoms with Crippen LogP contribution in [0.2, 0.25) is 0 Å². The molecule has 20 heavy (non-hydrogen) atoms. The number of unbranched alkanes of at least 4 members (excludes halogenated alkanes) is 1. The van der Waals surface area contributed by atoms with Crippen molar-refractivity contribution in [3.63, 3.8) is 0 Å². The Hall–Kier alpha value is -0.370. The van der Waals surface area contributed by atoms with Gasteiger partial charge in [-0.3, -0.25) is 4.79 Å². The number of ketones is 1. The quantitative estimate of drug-likeness (QED) is 0.745. The molecule has 116 valence electrons. The van der Waals surface area contributed by atoms with Gasteiger partial charge in [0.05, 0.1) is 11.7 Å². The van der Waals surface area contributed by atoms with Crippen molar-refractivity contribution in [2.24, 2.45) is 17.8 Å². The summed E-state index contributed by atoms with van der Waals surface area (Å²) in [5.41, 5.74) is -0.0488. The van der Waals surface area contributed by atoms with Crippen LogP contribution in [0.3, 0.4) is 0 Å². The first-order valence-corrected chi connectivity index (χ1v) is 8.88. The number of fused-ring (bicyclic) bond motifs is 1. The monoisotopic (exact) mass is 280 g/mol. The number of hydrogen-bond acceptors (Lipinski definition) is 2. The van der Waals surface area contributed by atoms with E-state index in [1.807, 2.05) is 13.8 Å². The predicted octanol–water partition coefficient (Wildman–Crippen LogP) is 4.76. The molecule has 2 nitrogen and oxygen atoms in total. The summed E-state index contributed by atoms with van der Waals surface area (Å²) < 4.78 is 6.44. The summed E-state index contributed by atoms with van der Waals surface area (Å²) in [6.45, 7) is 8.43. The van der Waals surface area contributed by atoms with Crippen LogP contribution in [0.5, 0.6) is 0 Å². The molecule has 0 aromatic carbocycles. The molecule has 1 saturated heterocycles. The Kier molecular flexibility index (Phi) is 5.28. The van der Waals surface area contributed by atoms with E-state index in [1.54, 1.807) is 0 Å². The first kappa shape index (κ1) is 16.0. The maximum Gasteiger partial charge on any atom is 0.138 e. The minimum Gasteiger partial charge on any atom is -0.371 e. The number of carbonyl (C=O) groups is 1. The van der Waals surface area contributed by atoms with Crippen LogP contribution in [-0.2, 0) is 9.53 Å². The second-order valence-corrected chi connectivity index (χ2v) is 6.72. The molecule has 1 aliphatic heterocycles. The zero-order valence-electron chi connectivity index (χ0n) is 13.8. The summed E-state index contributed by atoms with van der Waals surface area (Å²) in [6.07, 6.45) is 9.48. The molecule has 3 fully saturated rings. The fraction of sp³-hybridized carbons (Fsp3) is 0.944. The minimum absolute atomic E-state index is 0.0488. The van der Waals surface area contributed by atoms with E-state index in [1.165, 1.54) is 32.1 Å². The van der Waals surface area contributed by atoms with Crippen molar-refractivity contribution < 1.29 is 9.53 Å². The predicted molar refractivity (Wildman–Crippen MR) is 82.7 cm³/mol. The van der Waals surface area contributed by atoms with Gasteiger partial charge < -0.3 is 4.74 Å². The average Bonchev–Trinajstić information content (AvgIpc) is 2.72. The summed E-state index contributed by atoms with van der Waals surface area (Å²) in [5, 5.41) is 0. The van der Waals surface area contributed by atoms with Gasteiger partial charge in [0.1, 0.15) is 5.78 Å². The van der Waals surface area contributed by atoms with Gasteiger partial charge in [0, 0.05) is 12.3 Å². The van der Waals surface area contributed by atoms with Crippen LogP contribution in [0, 0.1) is 17.8 Å². The molecule has 0 radical (unpaired) electrons. The van der Waals surface area contributed by atoms with Crippen LogP contribution < -0.4 is 0 Å². The number of hydrogen-bond donors (Lipinski definition) is 0. The summed E-state index contributed by atoms with van der Waals surface area (Å²) in [7, 11) is 0. The third-order valence-electron chi connectivity index (χ3n) is 5.79. The van der Waals surface area contributed by atoms with E-state index in [4.69, 9.17) is 4.74 Å². The van der Waals surface area contributed by atoms with Gasteiger partial charge in [0.2, 0.25) is 0 Å². The van der Waals surface area contributed by atoms with E-state index in [9.17, 15) is 4.79 Å². The first-order valence-electron chi connectivity index (χ1n) is 8.88. The fourth-order valence-electron chi connectivity index (χ4n) is 4.80. The van der Waals surface area contributed by atoms with Gasteiger partial charge in [-0.2, -0.15) is 0 Å². The normalized spacial score (nSPS) is 42.7. The fourth-order valence-corrected chi connectivity index (χ4v) is 4.80. The lowest BCUT2D eigenvalue weighted by Gasteiger charge is -2.48. The van der Waals surface area contributed by atoms with Gasteiger partial charge in [-0.1, -0.05) is 33.6 Å². The SMILES string of the molecule is CC.CCCCC1C(=O)CCC2CCC3CC21OC3C. The molecule has 1 spiro atoms. The zero-order chi connectivity index (χ0) is 14.8. The summed E-state index contributed by atoms with van der Waals surface area (Å²) in [4.78, 5) is 12.4. The Morgan fingerprint density at radius 2 is 2.00 bits per heavy atom. The van der Waals surface area contributed by atoms with Crippen LogP contribution in [0.4, 0.5) is 0 Å². The molecular formula is C18H32O2. The minimum atomic E-state index is -0.0488. The van der Waals surface area contributed by atoms with Crippen molar-refractivity contribution in [1.82, 2.24) is 0 Å². The van der Waals surface area contributed by atoms with Crippen molar-refractivity contribution in [2.45, 2.75) is 90.8 Å². The smallest absolute Gasteiger partial charge is 0.138 e. The Bertz CT molecular complexity index is 334. The number of rotatable bonds is 3. The molecule has 3 aliphatic rings. The molecule has 2 heteroatoms. The van der Waals surface area contributed by atoms with E-state index in [0.717, 1.165) is 25.2 Å². The van der Waals surface area contributed by atoms with Crippen molar-refractivity contribution >= 4 is 5.78 Å². The Morgan fingerprint density at radius 1 is 1.25 bits per heavy atom. The molecule has 2 saturated carbocycles. The van der Waals surface area contributed by atoms with Crippen molar-refractivity contribution in [3.05, 3.63) is 0 Å². The third kappa shape index (κ3) is 2.56. The summed E-state index contributed by atoms with van der Waals surface area (Å²) in [5.74, 6) is 2.09. The van der Waals surface area contributed by atoms with Crippen molar-refractivity contribution in [2.75, 3.05) is 0 Å². The topological polar surface area (TPSA) is 26.3 Å². The van der Waals surface area contributed by atoms with Gasteiger partial charge in [0.15, 0.2) is 0 Å². The molecule has 0 aromatic heterocycles. The lowest BCUT2D eigenvalue weighted by molar-refractivity contribution is -0.158. The zero-order valence-corrected chi connectivity index (χ0v) is 13.8. The van der Waals surface area contributed by atoms with E-state index >= 15 is 0 Å². The first-order chi connectivity index (χ1) is 9.67. The molecule has 3 rings (SSSR count). The lowest BCUT2D eigenvalue weighted by Crippen LogP contribution is -2.53. The van der Waals surface area contributed by atoms with Crippen molar-refractivity contribution in [1.29, 1.82) is 0 Å². The Morgan fingerprint density at radius 3 is 2.70 bits per heavy atom. The number of Topliss-reactive ketones (excluding diaryl/α,β-unsaturated/α-hetero) is 1. The van der Waals surface area contributed by atoms with Gasteiger partial charge in [0.25, 0.3) is 0 Å². The molecule has 0 aromatic rings. The highest BCUT2D eigenvalue weighted by Gasteiger charge is 2.59. The highest BCUT2D eigenvalue weighted by atomic mass is 16.5. The van der Waals surface area contributed by atoms with E-state index in [0.29, 0.717) is 17.8 Å². The van der Waals surface area contributed by atoms with Gasteiger partial charge >= 0.3 is 0 Å². The van der Waals surface area contributed by atoms with Gasteiger partial charge in [-0.05, 0) is 50.9 Å². The molecule has 2 bridgehead atoms. The lowest BCUT2D eigenvalue weighted by atomic mass is 9.59. The standard InChI is InChI=1S/C16H26O2.C2H6/c1-3-4-5-14-15(17)9-8-13-7-6-12-10-16(13,14)18-11(12)2;1-2/h11-14H,3-10H2,1-2H3;1-2H3. The van der Waals surface area contributed by atoms with Crippen LogP contribution in [0.25, 0.3) is 0 Å².